The van der Waals surface area contributed by atoms with Crippen LogP contribution in [0.4, 0.5) is 0 Å². The summed E-state index contributed by atoms with van der Waals surface area (Å²) in [5.74, 6) is 2.70. The summed E-state index contributed by atoms with van der Waals surface area (Å²) in [6, 6.07) is 136. The third-order valence-electron chi connectivity index (χ3n) is 23.3. The largest absolute Gasteiger partial charge is 0.309 e. The Morgan fingerprint density at radius 3 is 1.15 bits per heavy atom. The van der Waals surface area contributed by atoms with Gasteiger partial charge in [0.15, 0.2) is 34.9 Å². The maximum Gasteiger partial charge on any atom is 0.166 e. The van der Waals surface area contributed by atoms with Gasteiger partial charge in [0.05, 0.1) is 72.7 Å². The van der Waals surface area contributed by atoms with Crippen LogP contribution in [0.3, 0.4) is 0 Å². The molecular formula is C106H62N12. The van der Waals surface area contributed by atoms with E-state index in [9.17, 15) is 10.5 Å². The Bertz CT molecular complexity index is 8220. The fourth-order valence-electron chi connectivity index (χ4n) is 17.9. The number of benzene rings is 17. The number of nitriles is 2. The number of hydrogen-bond donors (Lipinski definition) is 0. The van der Waals surface area contributed by atoms with Gasteiger partial charge >= 0.3 is 0 Å². The summed E-state index contributed by atoms with van der Waals surface area (Å²) in [5, 5.41) is 35.9. The third-order valence-corrected chi connectivity index (χ3v) is 23.3. The van der Waals surface area contributed by atoms with Gasteiger partial charge in [0.2, 0.25) is 0 Å². The Morgan fingerprint density at radius 2 is 0.619 bits per heavy atom. The molecule has 0 aliphatic heterocycles. The van der Waals surface area contributed by atoms with E-state index in [1.165, 1.54) is 10.8 Å². The molecule has 0 unspecified atom stereocenters. The molecule has 0 atom stereocenters. The highest BCUT2D eigenvalue weighted by atomic mass is 15.1. The van der Waals surface area contributed by atoms with E-state index >= 15 is 0 Å². The first-order valence-corrected chi connectivity index (χ1v) is 39.3. The number of fused-ring (bicyclic) bond motifs is 16. The molecule has 0 spiro atoms. The van der Waals surface area contributed by atoms with Crippen molar-refractivity contribution in [3.8, 4) is 125 Å². The van der Waals surface area contributed by atoms with Crippen LogP contribution >= 0.6 is 0 Å². The average molecular weight is 1500 g/mol. The SMILES string of the molecule is N#Cc1ccc(-n2c3ccccc3c3ccc4c(c5ccccc5n4-c4ccc5ccccc5c4)c32)c(-c2nc(-c3ccccc3)nc(-c3cccc(-c4ccc(-c5nc(-c6ccccc6)nc(-c6ccc(-n7c8ccccc8c8ccc9c(c%10ccccc%10n9-c9ccc%10ccccc%10c9)c87)c(C#N)c6)n5)c(-c5ccccc5)c4)c3)n2)c1. The van der Waals surface area contributed by atoms with Gasteiger partial charge in [0.25, 0.3) is 0 Å². The monoisotopic (exact) mass is 1500 g/mol. The topological polar surface area (TPSA) is 145 Å². The molecule has 0 saturated carbocycles. The fourth-order valence-corrected chi connectivity index (χ4v) is 17.9. The van der Waals surface area contributed by atoms with E-state index in [-0.39, 0.29) is 0 Å². The first kappa shape index (κ1) is 67.2. The molecule has 0 aliphatic rings. The summed E-state index contributed by atoms with van der Waals surface area (Å²) in [4.78, 5) is 32.3. The molecule has 0 amide bonds. The molecule has 546 valence electrons. The van der Waals surface area contributed by atoms with Crippen LogP contribution in [0.1, 0.15) is 11.1 Å². The molecule has 6 heterocycles. The van der Waals surface area contributed by atoms with Gasteiger partial charge in [-0.2, -0.15) is 10.5 Å². The number of rotatable bonds is 12. The molecule has 12 heteroatoms. The van der Waals surface area contributed by atoms with Crippen molar-refractivity contribution in [2.45, 2.75) is 0 Å². The number of aromatic nitrogens is 10. The minimum Gasteiger partial charge on any atom is -0.309 e. The Balaban J connectivity index is 0.660. The van der Waals surface area contributed by atoms with Crippen molar-refractivity contribution in [1.29, 1.82) is 10.5 Å². The van der Waals surface area contributed by atoms with Gasteiger partial charge in [0, 0.05) is 87.8 Å². The summed E-state index contributed by atoms with van der Waals surface area (Å²) in [7, 11) is 0. The van der Waals surface area contributed by atoms with E-state index in [2.05, 4.69) is 279 Å². The maximum atomic E-state index is 11.6. The predicted molar refractivity (Wildman–Crippen MR) is 478 cm³/mol. The first-order valence-electron chi connectivity index (χ1n) is 39.3. The maximum absolute atomic E-state index is 11.6. The average Bonchev–Trinajstić information content (AvgIpc) is 1.55. The smallest absolute Gasteiger partial charge is 0.166 e. The second kappa shape index (κ2) is 27.1. The van der Waals surface area contributed by atoms with E-state index in [0.717, 1.165) is 165 Å². The van der Waals surface area contributed by atoms with Crippen molar-refractivity contribution >= 4 is 109 Å². The Labute approximate surface area is 675 Å². The predicted octanol–water partition coefficient (Wildman–Crippen LogP) is 25.8. The zero-order chi connectivity index (χ0) is 78.1. The molecule has 23 rings (SSSR count). The van der Waals surface area contributed by atoms with Gasteiger partial charge in [-0.15, -0.1) is 0 Å². The van der Waals surface area contributed by atoms with Gasteiger partial charge in [-0.1, -0.05) is 261 Å². The Kier molecular flexibility index (Phi) is 15.4. The van der Waals surface area contributed by atoms with Gasteiger partial charge in [-0.05, 0) is 159 Å². The van der Waals surface area contributed by atoms with Gasteiger partial charge < -0.3 is 18.3 Å². The van der Waals surface area contributed by atoms with E-state index in [1.54, 1.807) is 0 Å². The van der Waals surface area contributed by atoms with Crippen LogP contribution in [0.15, 0.2) is 376 Å². The van der Waals surface area contributed by atoms with Crippen LogP contribution in [-0.4, -0.2) is 48.2 Å². The Hall–Kier alpha value is -16.5. The number of nitrogens with zero attached hydrogens (tertiary/aromatic N) is 12. The molecular weight excluding hydrogens is 1440 g/mol. The van der Waals surface area contributed by atoms with Crippen LogP contribution in [0, 0.1) is 22.7 Å². The molecule has 17 aromatic carbocycles. The molecule has 23 aromatic rings. The van der Waals surface area contributed by atoms with Gasteiger partial charge in [-0.25, -0.2) is 29.9 Å². The third kappa shape index (κ3) is 10.8. The molecule has 0 fully saturated rings. The molecule has 6 aromatic heterocycles. The lowest BCUT2D eigenvalue weighted by atomic mass is 9.93. The van der Waals surface area contributed by atoms with Crippen molar-refractivity contribution in [3.63, 3.8) is 0 Å². The second-order valence-electron chi connectivity index (χ2n) is 29.9. The summed E-state index contributed by atoms with van der Waals surface area (Å²) >= 11 is 0. The lowest BCUT2D eigenvalue weighted by Crippen LogP contribution is -2.04. The normalized spacial score (nSPS) is 11.7. The molecule has 0 N–H and O–H groups in total. The van der Waals surface area contributed by atoms with E-state index in [1.807, 2.05) is 127 Å². The van der Waals surface area contributed by atoms with Gasteiger partial charge in [0.1, 0.15) is 6.07 Å². The number of para-hydroxylation sites is 4. The zero-order valence-electron chi connectivity index (χ0n) is 63.2. The minimum absolute atomic E-state index is 0.405. The van der Waals surface area contributed by atoms with Crippen LogP contribution in [0.5, 0.6) is 0 Å². The molecule has 0 bridgehead atoms. The molecule has 0 saturated heterocycles. The van der Waals surface area contributed by atoms with E-state index in [4.69, 9.17) is 29.9 Å². The quantitative estimate of drug-likeness (QED) is 0.118. The van der Waals surface area contributed by atoms with Crippen molar-refractivity contribution in [2.24, 2.45) is 0 Å². The second-order valence-corrected chi connectivity index (χ2v) is 29.9. The molecule has 0 aliphatic carbocycles. The van der Waals surface area contributed by atoms with E-state index < -0.39 is 0 Å². The highest BCUT2D eigenvalue weighted by Crippen LogP contribution is 2.47. The van der Waals surface area contributed by atoms with Crippen LogP contribution < -0.4 is 0 Å². The minimum atomic E-state index is 0.405. The van der Waals surface area contributed by atoms with Crippen LogP contribution in [0.25, 0.3) is 222 Å². The Morgan fingerprint density at radius 1 is 0.212 bits per heavy atom. The summed E-state index contributed by atoms with van der Waals surface area (Å²) in [6.07, 6.45) is 0. The van der Waals surface area contributed by atoms with Crippen molar-refractivity contribution in [3.05, 3.63) is 387 Å². The lowest BCUT2D eigenvalue weighted by molar-refractivity contribution is 1.06. The van der Waals surface area contributed by atoms with Crippen molar-refractivity contribution < 1.29 is 0 Å². The first-order chi connectivity index (χ1) is 58.4. The summed E-state index contributed by atoms with van der Waals surface area (Å²) < 4.78 is 9.37. The van der Waals surface area contributed by atoms with E-state index in [0.29, 0.717) is 57.2 Å². The zero-order valence-corrected chi connectivity index (χ0v) is 63.2. The lowest BCUT2D eigenvalue weighted by Gasteiger charge is -2.16. The highest BCUT2D eigenvalue weighted by Gasteiger charge is 2.28. The summed E-state index contributed by atoms with van der Waals surface area (Å²) in [6.45, 7) is 0. The fraction of sp³-hybridized carbons (Fsp3) is 0. The number of hydrogen-bond acceptors (Lipinski definition) is 8. The standard InChI is InChI=1S/C106H62N12/c107-63-65-43-53-94(118-91-40-19-15-36-81(91)83-52-56-96-98(100(83)118)86-38-17-21-42-93(86)116(96)79-49-45-67-24-11-13-32-73(67)61-79)88(57-65)106-112-102(70-29-8-3-9-30-70)109-103(114-106)75-34-22-33-71(58-75)74-46-50-84(87(62-74)68-25-4-1-5-26-68)105-111-101(69-27-6-2-7-28-69)110-104(113-105)76-47-54-89(77(59-76)64-108)117-90-39-18-14-35-80(90)82-51-55-95-97(99(82)117)85-37-16-20-41-92(85)115(95)78-48-44-66-23-10-12-31-72(66)60-78/h1-62H. The van der Waals surface area contributed by atoms with Gasteiger partial charge in [-0.3, -0.25) is 0 Å². The van der Waals surface area contributed by atoms with Crippen molar-refractivity contribution in [2.75, 3.05) is 0 Å². The summed E-state index contributed by atoms with van der Waals surface area (Å²) in [5.41, 5.74) is 21.1. The van der Waals surface area contributed by atoms with Crippen LogP contribution in [0.2, 0.25) is 0 Å². The molecule has 118 heavy (non-hydrogen) atoms. The van der Waals surface area contributed by atoms with Crippen molar-refractivity contribution in [1.82, 2.24) is 48.2 Å². The molecule has 12 nitrogen and oxygen atoms in total. The molecule has 0 radical (unpaired) electrons. The highest BCUT2D eigenvalue weighted by molar-refractivity contribution is 6.28. The van der Waals surface area contributed by atoms with Crippen LogP contribution in [-0.2, 0) is 0 Å².